The predicted molar refractivity (Wildman–Crippen MR) is 66.5 cm³/mol. The minimum absolute atomic E-state index is 0.191. The van der Waals surface area contributed by atoms with Gasteiger partial charge in [0.15, 0.2) is 0 Å². The zero-order chi connectivity index (χ0) is 13.7. The normalized spacial score (nSPS) is 9.68. The van der Waals surface area contributed by atoms with Crippen molar-refractivity contribution < 1.29 is 9.18 Å². The van der Waals surface area contributed by atoms with Crippen LogP contribution in [0.25, 0.3) is 0 Å². The van der Waals surface area contributed by atoms with Crippen LogP contribution in [0.15, 0.2) is 42.7 Å². The van der Waals surface area contributed by atoms with Gasteiger partial charge in [0, 0.05) is 18.9 Å². The molecule has 1 amide bonds. The van der Waals surface area contributed by atoms with Crippen molar-refractivity contribution in [1.82, 2.24) is 10.3 Å². The van der Waals surface area contributed by atoms with Crippen LogP contribution >= 0.6 is 0 Å². The molecule has 2 rings (SSSR count). The summed E-state index contributed by atoms with van der Waals surface area (Å²) in [7, 11) is 0. The van der Waals surface area contributed by atoms with Crippen LogP contribution in [0.5, 0.6) is 0 Å². The highest BCUT2D eigenvalue weighted by Gasteiger charge is 2.10. The van der Waals surface area contributed by atoms with Crippen molar-refractivity contribution in [2.24, 2.45) is 0 Å². The SMILES string of the molecule is N#Cc1ccncc1C(=O)NCc1cccc(F)c1. The maximum absolute atomic E-state index is 13.0. The van der Waals surface area contributed by atoms with Crippen molar-refractivity contribution in [1.29, 1.82) is 5.26 Å². The lowest BCUT2D eigenvalue weighted by Gasteiger charge is -2.06. The summed E-state index contributed by atoms with van der Waals surface area (Å²) in [5.74, 6) is -0.764. The van der Waals surface area contributed by atoms with Crippen LogP contribution in [-0.4, -0.2) is 10.9 Å². The van der Waals surface area contributed by atoms with Crippen molar-refractivity contribution in [3.05, 3.63) is 65.2 Å². The second-order valence-corrected chi connectivity index (χ2v) is 3.85. The number of carbonyl (C=O) groups excluding carboxylic acids is 1. The van der Waals surface area contributed by atoms with Crippen LogP contribution < -0.4 is 5.32 Å². The van der Waals surface area contributed by atoms with E-state index in [0.29, 0.717) is 5.56 Å². The maximum Gasteiger partial charge on any atom is 0.254 e. The minimum atomic E-state index is -0.408. The number of pyridine rings is 1. The fourth-order valence-electron chi connectivity index (χ4n) is 1.60. The first-order valence-electron chi connectivity index (χ1n) is 5.57. The third-order valence-electron chi connectivity index (χ3n) is 2.53. The number of benzene rings is 1. The number of carbonyl (C=O) groups is 1. The molecule has 0 bridgehead atoms. The zero-order valence-electron chi connectivity index (χ0n) is 9.93. The van der Waals surface area contributed by atoms with Gasteiger partial charge in [0.25, 0.3) is 5.91 Å². The lowest BCUT2D eigenvalue weighted by atomic mass is 10.1. The maximum atomic E-state index is 13.0. The first-order chi connectivity index (χ1) is 9.20. The van der Waals surface area contributed by atoms with E-state index in [-0.39, 0.29) is 23.5 Å². The molecule has 0 saturated carbocycles. The molecule has 5 heteroatoms. The molecular formula is C14H10FN3O. The molecule has 2 aromatic rings. The van der Waals surface area contributed by atoms with Gasteiger partial charge < -0.3 is 5.32 Å². The topological polar surface area (TPSA) is 65.8 Å². The fourth-order valence-corrected chi connectivity index (χ4v) is 1.60. The Bertz CT molecular complexity index is 649. The molecule has 1 aromatic carbocycles. The van der Waals surface area contributed by atoms with Crippen molar-refractivity contribution in [2.45, 2.75) is 6.54 Å². The average molecular weight is 255 g/mol. The summed E-state index contributed by atoms with van der Waals surface area (Å²) in [4.78, 5) is 15.7. The Morgan fingerprint density at radius 3 is 3.00 bits per heavy atom. The van der Waals surface area contributed by atoms with Crippen LogP contribution in [0.4, 0.5) is 4.39 Å². The lowest BCUT2D eigenvalue weighted by molar-refractivity contribution is 0.0950. The molecule has 0 atom stereocenters. The van der Waals surface area contributed by atoms with E-state index in [9.17, 15) is 9.18 Å². The van der Waals surface area contributed by atoms with Gasteiger partial charge in [-0.25, -0.2) is 4.39 Å². The molecule has 0 fully saturated rings. The highest BCUT2D eigenvalue weighted by molar-refractivity contribution is 5.96. The van der Waals surface area contributed by atoms with Crippen LogP contribution in [-0.2, 0) is 6.54 Å². The van der Waals surface area contributed by atoms with Gasteiger partial charge >= 0.3 is 0 Å². The first-order valence-corrected chi connectivity index (χ1v) is 5.57. The number of amides is 1. The highest BCUT2D eigenvalue weighted by Crippen LogP contribution is 2.07. The van der Waals surface area contributed by atoms with E-state index in [2.05, 4.69) is 10.3 Å². The van der Waals surface area contributed by atoms with E-state index in [0.717, 1.165) is 0 Å². The predicted octanol–water partition coefficient (Wildman–Crippen LogP) is 2.02. The summed E-state index contributed by atoms with van der Waals surface area (Å²) in [6, 6.07) is 9.35. The molecule has 19 heavy (non-hydrogen) atoms. The molecule has 0 spiro atoms. The van der Waals surface area contributed by atoms with Gasteiger partial charge in [0.1, 0.15) is 11.9 Å². The van der Waals surface area contributed by atoms with Gasteiger partial charge in [-0.15, -0.1) is 0 Å². The number of aromatic nitrogens is 1. The quantitative estimate of drug-likeness (QED) is 0.912. The van der Waals surface area contributed by atoms with E-state index < -0.39 is 5.91 Å². The third kappa shape index (κ3) is 3.13. The molecular weight excluding hydrogens is 245 g/mol. The van der Waals surface area contributed by atoms with Gasteiger partial charge in [-0.3, -0.25) is 9.78 Å². The summed E-state index contributed by atoms with van der Waals surface area (Å²) in [5.41, 5.74) is 1.11. The molecule has 0 aliphatic carbocycles. The van der Waals surface area contributed by atoms with Gasteiger partial charge in [-0.05, 0) is 23.8 Å². The molecule has 0 saturated heterocycles. The molecule has 1 N–H and O–H groups in total. The molecule has 0 radical (unpaired) electrons. The molecule has 1 aromatic heterocycles. The Balaban J connectivity index is 2.08. The van der Waals surface area contributed by atoms with Gasteiger partial charge in [0.05, 0.1) is 11.1 Å². The second kappa shape index (κ2) is 5.74. The Kier molecular flexibility index (Phi) is 3.84. The summed E-state index contributed by atoms with van der Waals surface area (Å²) < 4.78 is 13.0. The average Bonchev–Trinajstić information content (AvgIpc) is 2.45. The van der Waals surface area contributed by atoms with E-state index in [1.54, 1.807) is 12.1 Å². The number of rotatable bonds is 3. The smallest absolute Gasteiger partial charge is 0.254 e. The van der Waals surface area contributed by atoms with Gasteiger partial charge in [-0.2, -0.15) is 5.26 Å². The highest BCUT2D eigenvalue weighted by atomic mass is 19.1. The zero-order valence-corrected chi connectivity index (χ0v) is 9.93. The largest absolute Gasteiger partial charge is 0.348 e. The Labute approximate surface area is 109 Å². The van der Waals surface area contributed by atoms with Gasteiger partial charge in [-0.1, -0.05) is 12.1 Å². The summed E-state index contributed by atoms with van der Waals surface area (Å²) >= 11 is 0. The molecule has 94 valence electrons. The number of halogens is 1. The van der Waals surface area contributed by atoms with E-state index in [4.69, 9.17) is 5.26 Å². The molecule has 0 aliphatic rings. The van der Waals surface area contributed by atoms with Crippen LogP contribution in [0.1, 0.15) is 21.5 Å². The van der Waals surface area contributed by atoms with Crippen LogP contribution in [0, 0.1) is 17.1 Å². The van der Waals surface area contributed by atoms with Crippen molar-refractivity contribution in [2.75, 3.05) is 0 Å². The fraction of sp³-hybridized carbons (Fsp3) is 0.0714. The van der Waals surface area contributed by atoms with Crippen LogP contribution in [0.3, 0.4) is 0 Å². The number of nitriles is 1. The second-order valence-electron chi connectivity index (χ2n) is 3.85. The lowest BCUT2D eigenvalue weighted by Crippen LogP contribution is -2.23. The van der Waals surface area contributed by atoms with E-state index in [1.165, 1.54) is 30.6 Å². The molecule has 4 nitrogen and oxygen atoms in total. The van der Waals surface area contributed by atoms with Crippen molar-refractivity contribution in [3.63, 3.8) is 0 Å². The minimum Gasteiger partial charge on any atom is -0.348 e. The van der Waals surface area contributed by atoms with Crippen molar-refractivity contribution >= 4 is 5.91 Å². The Morgan fingerprint density at radius 1 is 1.42 bits per heavy atom. The van der Waals surface area contributed by atoms with Crippen LogP contribution in [0.2, 0.25) is 0 Å². The van der Waals surface area contributed by atoms with E-state index >= 15 is 0 Å². The Hall–Kier alpha value is -2.74. The number of hydrogen-bond acceptors (Lipinski definition) is 3. The molecule has 0 unspecified atom stereocenters. The summed E-state index contributed by atoms with van der Waals surface area (Å²) in [5, 5.41) is 11.5. The Morgan fingerprint density at radius 2 is 2.26 bits per heavy atom. The number of nitrogens with zero attached hydrogens (tertiary/aromatic N) is 2. The standard InChI is InChI=1S/C14H10FN3O/c15-12-3-1-2-10(6-12)8-18-14(19)13-9-17-5-4-11(13)7-16/h1-6,9H,8H2,(H,18,19). The summed E-state index contributed by atoms with van der Waals surface area (Å²) in [6.45, 7) is 0.191. The van der Waals surface area contributed by atoms with Gasteiger partial charge in [0.2, 0.25) is 0 Å². The summed E-state index contributed by atoms with van der Waals surface area (Å²) in [6.07, 6.45) is 2.78. The molecule has 1 heterocycles. The van der Waals surface area contributed by atoms with Crippen molar-refractivity contribution in [3.8, 4) is 6.07 Å². The molecule has 0 aliphatic heterocycles. The third-order valence-corrected chi connectivity index (χ3v) is 2.53. The van der Waals surface area contributed by atoms with E-state index in [1.807, 2.05) is 6.07 Å². The first kappa shape index (κ1) is 12.7. The number of hydrogen-bond donors (Lipinski definition) is 1. The number of nitrogens with one attached hydrogen (secondary N) is 1. The monoisotopic (exact) mass is 255 g/mol.